The van der Waals surface area contributed by atoms with Gasteiger partial charge in [-0.3, -0.25) is 4.79 Å². The number of rotatable bonds is 7. The Kier molecular flexibility index (Phi) is 6.94. The molecule has 0 aromatic heterocycles. The van der Waals surface area contributed by atoms with Gasteiger partial charge < -0.3 is 14.8 Å². The average Bonchev–Trinajstić information content (AvgIpc) is 2.61. The molecule has 2 aromatic rings. The van der Waals surface area contributed by atoms with Crippen LogP contribution >= 0.6 is 15.9 Å². The Hall–Kier alpha value is -2.41. The minimum atomic E-state index is -0.689. The monoisotopic (exact) mass is 409 g/mol. The number of benzene rings is 2. The number of esters is 1. The lowest BCUT2D eigenvalue weighted by Gasteiger charge is -2.09. The maximum absolute atomic E-state index is 13.6. The van der Waals surface area contributed by atoms with Gasteiger partial charge in [-0.15, -0.1) is 0 Å². The fourth-order valence-corrected chi connectivity index (χ4v) is 2.26. The molecule has 0 saturated carbocycles. The van der Waals surface area contributed by atoms with Gasteiger partial charge in [0.2, 0.25) is 0 Å². The summed E-state index contributed by atoms with van der Waals surface area (Å²) in [6.07, 6.45) is 0.913. The minimum absolute atomic E-state index is 0.0107. The van der Waals surface area contributed by atoms with Gasteiger partial charge in [0.15, 0.2) is 13.2 Å². The Morgan fingerprint density at radius 1 is 1.12 bits per heavy atom. The molecule has 0 aliphatic carbocycles. The number of nitrogens with one attached hydrogen (secondary N) is 1. The minimum Gasteiger partial charge on any atom is -0.482 e. The lowest BCUT2D eigenvalue weighted by atomic mass is 10.2. The first kappa shape index (κ1) is 18.9. The standard InChI is InChI=1S/C18H17BrFNO4/c1-2-12-3-6-14(7-4-12)24-11-18(23)25-10-17(22)21-16-8-5-13(19)9-15(16)20/h3-9H,2,10-11H2,1H3,(H,21,22). The molecule has 0 heterocycles. The molecule has 0 bridgehead atoms. The number of amides is 1. The van der Waals surface area contributed by atoms with E-state index in [1.807, 2.05) is 19.1 Å². The van der Waals surface area contributed by atoms with Crippen LogP contribution in [0.25, 0.3) is 0 Å². The third-order valence-electron chi connectivity index (χ3n) is 3.26. The third-order valence-corrected chi connectivity index (χ3v) is 3.75. The Bertz CT molecular complexity index is 749. The summed E-state index contributed by atoms with van der Waals surface area (Å²) in [5, 5.41) is 2.33. The number of ether oxygens (including phenoxy) is 2. The summed E-state index contributed by atoms with van der Waals surface area (Å²) in [5.74, 6) is -1.38. The van der Waals surface area contributed by atoms with Gasteiger partial charge in [-0.2, -0.15) is 0 Å². The first-order valence-electron chi connectivity index (χ1n) is 7.60. The molecule has 132 valence electrons. The fraction of sp³-hybridized carbons (Fsp3) is 0.222. The highest BCUT2D eigenvalue weighted by molar-refractivity contribution is 9.10. The molecule has 0 radical (unpaired) electrons. The number of halogens is 2. The van der Waals surface area contributed by atoms with E-state index in [9.17, 15) is 14.0 Å². The smallest absolute Gasteiger partial charge is 0.344 e. The summed E-state index contributed by atoms with van der Waals surface area (Å²) in [5.41, 5.74) is 1.17. The first-order chi connectivity index (χ1) is 12.0. The van der Waals surface area contributed by atoms with Gasteiger partial charge in [0.05, 0.1) is 5.69 Å². The molecular formula is C18H17BrFNO4. The van der Waals surface area contributed by atoms with Crippen molar-refractivity contribution in [3.63, 3.8) is 0 Å². The Balaban J connectivity index is 1.74. The molecule has 5 nitrogen and oxygen atoms in total. The third kappa shape index (κ3) is 6.19. The lowest BCUT2D eigenvalue weighted by Crippen LogP contribution is -2.24. The largest absolute Gasteiger partial charge is 0.482 e. The van der Waals surface area contributed by atoms with Crippen LogP contribution in [-0.2, 0) is 20.7 Å². The second-order valence-corrected chi connectivity index (χ2v) is 6.03. The number of hydrogen-bond acceptors (Lipinski definition) is 4. The maximum Gasteiger partial charge on any atom is 0.344 e. The highest BCUT2D eigenvalue weighted by Gasteiger charge is 2.11. The van der Waals surface area contributed by atoms with E-state index in [0.717, 1.165) is 12.0 Å². The highest BCUT2D eigenvalue weighted by Crippen LogP contribution is 2.19. The van der Waals surface area contributed by atoms with Crippen molar-refractivity contribution in [1.82, 2.24) is 0 Å². The highest BCUT2D eigenvalue weighted by atomic mass is 79.9. The Labute approximate surface area is 153 Å². The number of aryl methyl sites for hydroxylation is 1. The molecule has 0 fully saturated rings. The summed E-state index contributed by atoms with van der Waals surface area (Å²) in [7, 11) is 0. The topological polar surface area (TPSA) is 64.6 Å². The fourth-order valence-electron chi connectivity index (χ4n) is 1.93. The molecule has 1 amide bonds. The number of hydrogen-bond donors (Lipinski definition) is 1. The summed E-state index contributed by atoms with van der Waals surface area (Å²) in [4.78, 5) is 23.3. The van der Waals surface area contributed by atoms with Crippen molar-refractivity contribution < 1.29 is 23.5 Å². The summed E-state index contributed by atoms with van der Waals surface area (Å²) in [6.45, 7) is 1.20. The predicted octanol–water partition coefficient (Wildman–Crippen LogP) is 3.71. The SMILES string of the molecule is CCc1ccc(OCC(=O)OCC(=O)Nc2ccc(Br)cc2F)cc1. The van der Waals surface area contributed by atoms with E-state index in [1.54, 1.807) is 18.2 Å². The second kappa shape index (κ2) is 9.17. The van der Waals surface area contributed by atoms with Crippen LogP contribution in [0.3, 0.4) is 0 Å². The Morgan fingerprint density at radius 2 is 1.84 bits per heavy atom. The first-order valence-corrected chi connectivity index (χ1v) is 8.39. The molecule has 2 rings (SSSR count). The molecule has 0 aliphatic rings. The van der Waals surface area contributed by atoms with E-state index in [4.69, 9.17) is 9.47 Å². The molecule has 0 unspecified atom stereocenters. The van der Waals surface area contributed by atoms with E-state index >= 15 is 0 Å². The van der Waals surface area contributed by atoms with Crippen molar-refractivity contribution in [3.8, 4) is 5.75 Å². The van der Waals surface area contributed by atoms with Gasteiger partial charge in [-0.05, 0) is 42.3 Å². The van der Waals surface area contributed by atoms with E-state index < -0.39 is 24.3 Å². The molecule has 1 N–H and O–H groups in total. The zero-order chi connectivity index (χ0) is 18.2. The maximum atomic E-state index is 13.6. The zero-order valence-corrected chi connectivity index (χ0v) is 15.1. The summed E-state index contributed by atoms with van der Waals surface area (Å²) < 4.78 is 24.2. The molecule has 0 atom stereocenters. The van der Waals surface area contributed by atoms with E-state index in [0.29, 0.717) is 10.2 Å². The van der Waals surface area contributed by atoms with E-state index in [1.165, 1.54) is 12.1 Å². The van der Waals surface area contributed by atoms with Crippen LogP contribution in [0.4, 0.5) is 10.1 Å². The van der Waals surface area contributed by atoms with Crippen LogP contribution in [0.15, 0.2) is 46.9 Å². The quantitative estimate of drug-likeness (QED) is 0.707. The molecule has 0 spiro atoms. The normalized spacial score (nSPS) is 10.2. The predicted molar refractivity (Wildman–Crippen MR) is 95.0 cm³/mol. The van der Waals surface area contributed by atoms with E-state index in [-0.39, 0.29) is 12.3 Å². The van der Waals surface area contributed by atoms with Crippen molar-refractivity contribution in [3.05, 3.63) is 58.3 Å². The van der Waals surface area contributed by atoms with Gasteiger partial charge in [-0.25, -0.2) is 9.18 Å². The zero-order valence-electron chi connectivity index (χ0n) is 13.6. The molecule has 7 heteroatoms. The van der Waals surface area contributed by atoms with Crippen LogP contribution in [0.1, 0.15) is 12.5 Å². The summed E-state index contributed by atoms with van der Waals surface area (Å²) >= 11 is 3.12. The van der Waals surface area contributed by atoms with Crippen LogP contribution in [0.5, 0.6) is 5.75 Å². The second-order valence-electron chi connectivity index (χ2n) is 5.12. The number of anilines is 1. The van der Waals surface area contributed by atoms with Crippen LogP contribution in [0, 0.1) is 5.82 Å². The Morgan fingerprint density at radius 3 is 2.48 bits per heavy atom. The number of carbonyl (C=O) groups is 2. The van der Waals surface area contributed by atoms with Crippen LogP contribution < -0.4 is 10.1 Å². The van der Waals surface area contributed by atoms with Crippen LogP contribution in [0.2, 0.25) is 0 Å². The van der Waals surface area contributed by atoms with Crippen molar-refractivity contribution in [2.24, 2.45) is 0 Å². The average molecular weight is 410 g/mol. The van der Waals surface area contributed by atoms with Gasteiger partial charge in [0.25, 0.3) is 5.91 Å². The molecule has 0 aliphatic heterocycles. The van der Waals surface area contributed by atoms with Crippen molar-refractivity contribution in [2.75, 3.05) is 18.5 Å². The van der Waals surface area contributed by atoms with Gasteiger partial charge in [0.1, 0.15) is 11.6 Å². The van der Waals surface area contributed by atoms with Crippen molar-refractivity contribution >= 4 is 33.5 Å². The van der Waals surface area contributed by atoms with E-state index in [2.05, 4.69) is 21.2 Å². The van der Waals surface area contributed by atoms with Gasteiger partial charge in [-0.1, -0.05) is 35.0 Å². The van der Waals surface area contributed by atoms with Gasteiger partial charge in [0, 0.05) is 4.47 Å². The molecule has 0 saturated heterocycles. The molecular weight excluding hydrogens is 393 g/mol. The van der Waals surface area contributed by atoms with Crippen molar-refractivity contribution in [1.29, 1.82) is 0 Å². The molecule has 2 aromatic carbocycles. The lowest BCUT2D eigenvalue weighted by molar-refractivity contribution is -0.149. The summed E-state index contributed by atoms with van der Waals surface area (Å²) in [6, 6.07) is 11.5. The van der Waals surface area contributed by atoms with Crippen molar-refractivity contribution in [2.45, 2.75) is 13.3 Å². The molecule has 25 heavy (non-hydrogen) atoms. The number of carbonyl (C=O) groups excluding carboxylic acids is 2. The van der Waals surface area contributed by atoms with Gasteiger partial charge >= 0.3 is 5.97 Å². The van der Waals surface area contributed by atoms with Crippen LogP contribution in [-0.4, -0.2) is 25.1 Å².